The van der Waals surface area contributed by atoms with Crippen LogP contribution in [0.3, 0.4) is 0 Å². The molecule has 0 N–H and O–H groups in total. The van der Waals surface area contributed by atoms with Crippen LogP contribution in [0.5, 0.6) is 5.75 Å². The van der Waals surface area contributed by atoms with Gasteiger partial charge in [-0.2, -0.15) is 0 Å². The predicted octanol–water partition coefficient (Wildman–Crippen LogP) is 3.76. The maximum atomic E-state index is 12.2. The molecule has 1 aromatic rings. The summed E-state index contributed by atoms with van der Waals surface area (Å²) in [6.07, 6.45) is 4.05. The Labute approximate surface area is 145 Å². The summed E-state index contributed by atoms with van der Waals surface area (Å²) in [5, 5.41) is 0. The fourth-order valence-corrected chi connectivity index (χ4v) is 3.10. The standard InChI is InChI=1S/C20H29NO3/c1-19(2)17(13-14-21(5)20(19,3)4)24-18(22)12-9-15-7-10-16(23-6)11-8-15/h7-12,17H,13-14H2,1-6H3. The van der Waals surface area contributed by atoms with Crippen molar-refractivity contribution in [3.8, 4) is 5.75 Å². The van der Waals surface area contributed by atoms with Crippen LogP contribution in [-0.2, 0) is 9.53 Å². The van der Waals surface area contributed by atoms with Crippen molar-refractivity contribution in [2.45, 2.75) is 45.8 Å². The first-order chi connectivity index (χ1) is 11.2. The van der Waals surface area contributed by atoms with E-state index in [1.165, 1.54) is 6.08 Å². The van der Waals surface area contributed by atoms with Crippen molar-refractivity contribution in [2.75, 3.05) is 20.7 Å². The molecule has 132 valence electrons. The van der Waals surface area contributed by atoms with E-state index in [4.69, 9.17) is 9.47 Å². The number of rotatable bonds is 4. The van der Waals surface area contributed by atoms with Crippen LogP contribution in [0.4, 0.5) is 0 Å². The van der Waals surface area contributed by atoms with Gasteiger partial charge in [0.1, 0.15) is 11.9 Å². The second-order valence-corrected chi connectivity index (χ2v) is 7.52. The third kappa shape index (κ3) is 3.64. The van der Waals surface area contributed by atoms with Gasteiger partial charge in [-0.3, -0.25) is 0 Å². The van der Waals surface area contributed by atoms with Crippen molar-refractivity contribution in [1.82, 2.24) is 4.90 Å². The van der Waals surface area contributed by atoms with Crippen molar-refractivity contribution >= 4 is 12.0 Å². The first kappa shape index (κ1) is 18.5. The molecule has 24 heavy (non-hydrogen) atoms. The van der Waals surface area contributed by atoms with E-state index >= 15 is 0 Å². The Balaban J connectivity index is 2.02. The number of nitrogens with zero attached hydrogens (tertiary/aromatic N) is 1. The molecule has 1 aromatic carbocycles. The van der Waals surface area contributed by atoms with Crippen molar-refractivity contribution in [2.24, 2.45) is 5.41 Å². The smallest absolute Gasteiger partial charge is 0.331 e. The first-order valence-electron chi connectivity index (χ1n) is 8.42. The molecule has 4 heteroatoms. The van der Waals surface area contributed by atoms with Crippen LogP contribution < -0.4 is 4.74 Å². The third-order valence-electron chi connectivity index (χ3n) is 5.85. The minimum absolute atomic E-state index is 0.0319. The zero-order chi connectivity index (χ0) is 18.0. The number of esters is 1. The Kier molecular flexibility index (Phi) is 5.38. The molecule has 0 bridgehead atoms. The average Bonchev–Trinajstić information content (AvgIpc) is 2.55. The molecule has 0 radical (unpaired) electrons. The van der Waals surface area contributed by atoms with Gasteiger partial charge in [-0.1, -0.05) is 26.0 Å². The second-order valence-electron chi connectivity index (χ2n) is 7.52. The lowest BCUT2D eigenvalue weighted by Crippen LogP contribution is -2.62. The fourth-order valence-electron chi connectivity index (χ4n) is 3.10. The Morgan fingerprint density at radius 3 is 2.42 bits per heavy atom. The number of hydrogen-bond donors (Lipinski definition) is 0. The van der Waals surface area contributed by atoms with Crippen LogP contribution in [0.25, 0.3) is 6.08 Å². The molecule has 1 aliphatic rings. The van der Waals surface area contributed by atoms with Gasteiger partial charge < -0.3 is 14.4 Å². The van der Waals surface area contributed by atoms with Crippen LogP contribution in [0.1, 0.15) is 39.7 Å². The number of carbonyl (C=O) groups excluding carboxylic acids is 1. The highest BCUT2D eigenvalue weighted by Gasteiger charge is 2.50. The van der Waals surface area contributed by atoms with Gasteiger partial charge >= 0.3 is 5.97 Å². The van der Waals surface area contributed by atoms with E-state index in [-0.39, 0.29) is 23.0 Å². The van der Waals surface area contributed by atoms with Crippen molar-refractivity contribution < 1.29 is 14.3 Å². The first-order valence-corrected chi connectivity index (χ1v) is 8.42. The van der Waals surface area contributed by atoms with Gasteiger partial charge in [0.2, 0.25) is 0 Å². The lowest BCUT2D eigenvalue weighted by molar-refractivity contribution is -0.165. The summed E-state index contributed by atoms with van der Waals surface area (Å²) in [5.41, 5.74) is 0.787. The summed E-state index contributed by atoms with van der Waals surface area (Å²) in [7, 11) is 3.76. The van der Waals surface area contributed by atoms with E-state index < -0.39 is 0 Å². The number of ether oxygens (including phenoxy) is 2. The Morgan fingerprint density at radius 2 is 1.83 bits per heavy atom. The SMILES string of the molecule is COc1ccc(C=CC(=O)OC2CCN(C)C(C)(C)C2(C)C)cc1. The van der Waals surface area contributed by atoms with Gasteiger partial charge in [-0.05, 0) is 51.1 Å². The van der Waals surface area contributed by atoms with Crippen LogP contribution in [-0.4, -0.2) is 43.2 Å². The number of methoxy groups -OCH3 is 1. The van der Waals surface area contributed by atoms with E-state index in [1.807, 2.05) is 24.3 Å². The number of hydrogen-bond acceptors (Lipinski definition) is 4. The number of benzene rings is 1. The zero-order valence-corrected chi connectivity index (χ0v) is 15.6. The summed E-state index contributed by atoms with van der Waals surface area (Å²) in [5.74, 6) is 0.509. The molecule has 1 heterocycles. The molecule has 1 saturated heterocycles. The van der Waals surface area contributed by atoms with Crippen molar-refractivity contribution in [3.05, 3.63) is 35.9 Å². The quantitative estimate of drug-likeness (QED) is 0.622. The molecule has 0 amide bonds. The Bertz CT molecular complexity index is 602. The van der Waals surface area contributed by atoms with Gasteiger partial charge in [0.25, 0.3) is 0 Å². The van der Waals surface area contributed by atoms with Crippen LogP contribution in [0.2, 0.25) is 0 Å². The third-order valence-corrected chi connectivity index (χ3v) is 5.85. The minimum Gasteiger partial charge on any atom is -0.497 e. The fraction of sp³-hybridized carbons (Fsp3) is 0.550. The van der Waals surface area contributed by atoms with E-state index in [2.05, 4.69) is 39.6 Å². The van der Waals surface area contributed by atoms with E-state index in [9.17, 15) is 4.79 Å². The summed E-state index contributed by atoms with van der Waals surface area (Å²) in [4.78, 5) is 14.6. The molecule has 4 nitrogen and oxygen atoms in total. The van der Waals surface area contributed by atoms with E-state index in [1.54, 1.807) is 13.2 Å². The lowest BCUT2D eigenvalue weighted by atomic mass is 9.66. The highest BCUT2D eigenvalue weighted by Crippen LogP contribution is 2.44. The molecular weight excluding hydrogens is 302 g/mol. The highest BCUT2D eigenvalue weighted by molar-refractivity contribution is 5.87. The van der Waals surface area contributed by atoms with Gasteiger partial charge in [-0.25, -0.2) is 4.79 Å². The second kappa shape index (κ2) is 6.98. The maximum absolute atomic E-state index is 12.2. The molecule has 1 atom stereocenters. The minimum atomic E-state index is -0.288. The summed E-state index contributed by atoms with van der Waals surface area (Å²) < 4.78 is 10.9. The largest absolute Gasteiger partial charge is 0.497 e. The molecule has 0 aromatic heterocycles. The summed E-state index contributed by atoms with van der Waals surface area (Å²) in [6, 6.07) is 7.55. The van der Waals surface area contributed by atoms with E-state index in [0.717, 1.165) is 24.3 Å². The van der Waals surface area contributed by atoms with Crippen LogP contribution in [0.15, 0.2) is 30.3 Å². The highest BCUT2D eigenvalue weighted by atomic mass is 16.5. The number of carbonyl (C=O) groups is 1. The van der Waals surface area contributed by atoms with Gasteiger partial charge in [0.15, 0.2) is 0 Å². The van der Waals surface area contributed by atoms with Gasteiger partial charge in [0.05, 0.1) is 7.11 Å². The molecule has 0 spiro atoms. The van der Waals surface area contributed by atoms with Crippen LogP contribution in [0, 0.1) is 5.41 Å². The average molecular weight is 331 g/mol. The van der Waals surface area contributed by atoms with E-state index in [0.29, 0.717) is 0 Å². The number of likely N-dealkylation sites (tertiary alicyclic amines) is 1. The predicted molar refractivity (Wildman–Crippen MR) is 97.0 cm³/mol. The molecule has 1 unspecified atom stereocenters. The molecule has 1 fully saturated rings. The lowest BCUT2D eigenvalue weighted by Gasteiger charge is -2.55. The van der Waals surface area contributed by atoms with Gasteiger partial charge in [0, 0.05) is 23.6 Å². The molecule has 0 aliphatic carbocycles. The zero-order valence-electron chi connectivity index (χ0n) is 15.6. The Morgan fingerprint density at radius 1 is 1.21 bits per heavy atom. The summed E-state index contributed by atoms with van der Waals surface area (Å²) in [6.45, 7) is 9.69. The topological polar surface area (TPSA) is 38.8 Å². The summed E-state index contributed by atoms with van der Waals surface area (Å²) >= 11 is 0. The van der Waals surface area contributed by atoms with Crippen molar-refractivity contribution in [3.63, 3.8) is 0 Å². The maximum Gasteiger partial charge on any atom is 0.331 e. The van der Waals surface area contributed by atoms with Crippen molar-refractivity contribution in [1.29, 1.82) is 0 Å². The van der Waals surface area contributed by atoms with Gasteiger partial charge in [-0.15, -0.1) is 0 Å². The molecular formula is C20H29NO3. The number of piperidine rings is 1. The Hall–Kier alpha value is -1.81. The normalized spacial score (nSPS) is 23.2. The monoisotopic (exact) mass is 331 g/mol. The molecule has 2 rings (SSSR count). The molecule has 0 saturated carbocycles. The molecule has 1 aliphatic heterocycles. The van der Waals surface area contributed by atoms with Crippen LogP contribution >= 0.6 is 0 Å².